The molecule has 1 aliphatic rings. The summed E-state index contributed by atoms with van der Waals surface area (Å²) in [7, 11) is 0. The van der Waals surface area contributed by atoms with Gasteiger partial charge in [-0.1, -0.05) is 0 Å². The fourth-order valence-corrected chi connectivity index (χ4v) is 3.45. The largest absolute Gasteiger partial charge is 0.337 e. The van der Waals surface area contributed by atoms with Crippen molar-refractivity contribution in [1.82, 2.24) is 9.88 Å². The molecule has 1 amide bonds. The van der Waals surface area contributed by atoms with Crippen LogP contribution in [-0.4, -0.2) is 27.9 Å². The SMILES string of the molecule is Cc1nc(CCC(=O)N2C(C)CCCC2C)cs1. The molecule has 0 bridgehead atoms. The minimum Gasteiger partial charge on any atom is -0.337 e. The van der Waals surface area contributed by atoms with E-state index in [-0.39, 0.29) is 0 Å². The molecule has 1 saturated heterocycles. The first-order valence-corrected chi connectivity index (χ1v) is 7.68. The summed E-state index contributed by atoms with van der Waals surface area (Å²) in [5.41, 5.74) is 1.06. The molecule has 4 heteroatoms. The van der Waals surface area contributed by atoms with Crippen LogP contribution in [0.4, 0.5) is 0 Å². The Hall–Kier alpha value is -0.900. The molecule has 0 aromatic carbocycles. The van der Waals surface area contributed by atoms with Gasteiger partial charge in [-0.05, 0) is 46.5 Å². The van der Waals surface area contributed by atoms with Gasteiger partial charge in [0.2, 0.25) is 5.91 Å². The monoisotopic (exact) mass is 266 g/mol. The molecule has 0 saturated carbocycles. The maximum absolute atomic E-state index is 12.3. The number of aryl methyl sites for hydroxylation is 2. The van der Waals surface area contributed by atoms with E-state index in [0.717, 1.165) is 30.0 Å². The molecule has 2 heterocycles. The first-order valence-electron chi connectivity index (χ1n) is 6.80. The van der Waals surface area contributed by atoms with Crippen molar-refractivity contribution < 1.29 is 4.79 Å². The van der Waals surface area contributed by atoms with Gasteiger partial charge in [-0.3, -0.25) is 4.79 Å². The number of aromatic nitrogens is 1. The molecule has 0 aliphatic carbocycles. The first kappa shape index (κ1) is 13.5. The van der Waals surface area contributed by atoms with E-state index in [0.29, 0.717) is 24.4 Å². The zero-order chi connectivity index (χ0) is 13.1. The molecule has 1 aromatic heterocycles. The Morgan fingerprint density at radius 1 is 1.44 bits per heavy atom. The number of amides is 1. The third-order valence-electron chi connectivity index (χ3n) is 3.74. The Labute approximate surface area is 113 Å². The summed E-state index contributed by atoms with van der Waals surface area (Å²) in [4.78, 5) is 18.8. The van der Waals surface area contributed by atoms with Gasteiger partial charge in [0.1, 0.15) is 0 Å². The molecule has 2 atom stereocenters. The van der Waals surface area contributed by atoms with E-state index in [2.05, 4.69) is 29.1 Å². The summed E-state index contributed by atoms with van der Waals surface area (Å²) >= 11 is 1.66. The fourth-order valence-electron chi connectivity index (χ4n) is 2.80. The molecule has 2 rings (SSSR count). The van der Waals surface area contributed by atoms with Crippen LogP contribution in [0, 0.1) is 6.92 Å². The van der Waals surface area contributed by atoms with Gasteiger partial charge in [0, 0.05) is 23.9 Å². The van der Waals surface area contributed by atoms with Gasteiger partial charge in [0.05, 0.1) is 10.7 Å². The Kier molecular flexibility index (Phi) is 4.38. The minimum absolute atomic E-state index is 0.292. The molecular weight excluding hydrogens is 244 g/mol. The zero-order valence-electron chi connectivity index (χ0n) is 11.5. The molecule has 1 aliphatic heterocycles. The second-order valence-corrected chi connectivity index (χ2v) is 6.35. The molecule has 0 radical (unpaired) electrons. The third-order valence-corrected chi connectivity index (χ3v) is 4.57. The number of carbonyl (C=O) groups is 1. The molecule has 0 spiro atoms. The molecule has 1 fully saturated rings. The maximum atomic E-state index is 12.3. The number of thiazole rings is 1. The zero-order valence-corrected chi connectivity index (χ0v) is 12.3. The highest BCUT2D eigenvalue weighted by Gasteiger charge is 2.28. The van der Waals surface area contributed by atoms with Crippen molar-refractivity contribution in [3.8, 4) is 0 Å². The van der Waals surface area contributed by atoms with E-state index >= 15 is 0 Å². The molecular formula is C14H22N2OS. The van der Waals surface area contributed by atoms with E-state index in [4.69, 9.17) is 0 Å². The van der Waals surface area contributed by atoms with Crippen LogP contribution < -0.4 is 0 Å². The van der Waals surface area contributed by atoms with Gasteiger partial charge < -0.3 is 4.90 Å². The van der Waals surface area contributed by atoms with Gasteiger partial charge in [-0.25, -0.2) is 4.98 Å². The van der Waals surface area contributed by atoms with Crippen molar-refractivity contribution in [2.24, 2.45) is 0 Å². The van der Waals surface area contributed by atoms with Crippen LogP contribution in [0.5, 0.6) is 0 Å². The number of rotatable bonds is 3. The van der Waals surface area contributed by atoms with Crippen LogP contribution in [0.3, 0.4) is 0 Å². The highest BCUT2D eigenvalue weighted by atomic mass is 32.1. The highest BCUT2D eigenvalue weighted by molar-refractivity contribution is 7.09. The average molecular weight is 266 g/mol. The Balaban J connectivity index is 1.90. The van der Waals surface area contributed by atoms with Crippen molar-refractivity contribution in [2.75, 3.05) is 0 Å². The molecule has 0 N–H and O–H groups in total. The predicted octanol–water partition coefficient (Wildman–Crippen LogP) is 3.17. The van der Waals surface area contributed by atoms with E-state index < -0.39 is 0 Å². The van der Waals surface area contributed by atoms with Crippen molar-refractivity contribution in [1.29, 1.82) is 0 Å². The Morgan fingerprint density at radius 3 is 2.67 bits per heavy atom. The van der Waals surface area contributed by atoms with E-state index in [1.165, 1.54) is 6.42 Å². The lowest BCUT2D eigenvalue weighted by atomic mass is 9.97. The number of hydrogen-bond acceptors (Lipinski definition) is 3. The number of carbonyl (C=O) groups excluding carboxylic acids is 1. The van der Waals surface area contributed by atoms with Crippen LogP contribution in [0.1, 0.15) is 50.2 Å². The van der Waals surface area contributed by atoms with Crippen LogP contribution >= 0.6 is 11.3 Å². The minimum atomic E-state index is 0.292. The smallest absolute Gasteiger partial charge is 0.223 e. The summed E-state index contributed by atoms with van der Waals surface area (Å²) in [6.45, 7) is 6.34. The van der Waals surface area contributed by atoms with Crippen LogP contribution in [0.25, 0.3) is 0 Å². The van der Waals surface area contributed by atoms with E-state index in [1.54, 1.807) is 11.3 Å². The lowest BCUT2D eigenvalue weighted by Gasteiger charge is -2.39. The Morgan fingerprint density at radius 2 is 2.11 bits per heavy atom. The lowest BCUT2D eigenvalue weighted by Crippen LogP contribution is -2.47. The molecule has 100 valence electrons. The topological polar surface area (TPSA) is 33.2 Å². The van der Waals surface area contributed by atoms with Gasteiger partial charge in [-0.2, -0.15) is 0 Å². The average Bonchev–Trinajstić information content (AvgIpc) is 2.72. The Bertz CT molecular complexity index is 406. The van der Waals surface area contributed by atoms with Crippen LogP contribution in [0.15, 0.2) is 5.38 Å². The number of likely N-dealkylation sites (tertiary alicyclic amines) is 1. The van der Waals surface area contributed by atoms with Gasteiger partial charge >= 0.3 is 0 Å². The van der Waals surface area contributed by atoms with Gasteiger partial charge in [-0.15, -0.1) is 11.3 Å². The number of piperidine rings is 1. The molecule has 1 aromatic rings. The van der Waals surface area contributed by atoms with E-state index in [1.807, 2.05) is 6.92 Å². The summed E-state index contributed by atoms with van der Waals surface area (Å²) in [6, 6.07) is 0.803. The normalized spacial score (nSPS) is 24.3. The van der Waals surface area contributed by atoms with Gasteiger partial charge in [0.15, 0.2) is 0 Å². The molecule has 18 heavy (non-hydrogen) atoms. The highest BCUT2D eigenvalue weighted by Crippen LogP contribution is 2.23. The number of hydrogen-bond donors (Lipinski definition) is 0. The van der Waals surface area contributed by atoms with Crippen molar-refractivity contribution in [3.05, 3.63) is 16.1 Å². The van der Waals surface area contributed by atoms with Crippen LogP contribution in [-0.2, 0) is 11.2 Å². The first-order chi connectivity index (χ1) is 8.58. The fraction of sp³-hybridized carbons (Fsp3) is 0.714. The second-order valence-electron chi connectivity index (χ2n) is 5.29. The predicted molar refractivity (Wildman–Crippen MR) is 74.8 cm³/mol. The standard InChI is InChI=1S/C14H22N2OS/c1-10-5-4-6-11(2)16(10)14(17)8-7-13-9-18-12(3)15-13/h9-11H,4-8H2,1-3H3. The van der Waals surface area contributed by atoms with Crippen molar-refractivity contribution in [3.63, 3.8) is 0 Å². The summed E-state index contributed by atoms with van der Waals surface area (Å²) in [5.74, 6) is 0.292. The molecule has 3 nitrogen and oxygen atoms in total. The summed E-state index contributed by atoms with van der Waals surface area (Å²) < 4.78 is 0. The van der Waals surface area contributed by atoms with Gasteiger partial charge in [0.25, 0.3) is 0 Å². The maximum Gasteiger partial charge on any atom is 0.223 e. The quantitative estimate of drug-likeness (QED) is 0.842. The second kappa shape index (κ2) is 5.83. The summed E-state index contributed by atoms with van der Waals surface area (Å²) in [6.07, 6.45) is 4.91. The van der Waals surface area contributed by atoms with E-state index in [9.17, 15) is 4.79 Å². The van der Waals surface area contributed by atoms with Crippen molar-refractivity contribution in [2.45, 2.75) is 65.0 Å². The summed E-state index contributed by atoms with van der Waals surface area (Å²) in [5, 5.41) is 3.14. The van der Waals surface area contributed by atoms with Crippen molar-refractivity contribution >= 4 is 17.2 Å². The lowest BCUT2D eigenvalue weighted by molar-refractivity contribution is -0.137. The number of nitrogens with zero attached hydrogens (tertiary/aromatic N) is 2. The molecule has 2 unspecified atom stereocenters. The van der Waals surface area contributed by atoms with Crippen LogP contribution in [0.2, 0.25) is 0 Å². The third kappa shape index (κ3) is 3.10.